The molecule has 0 unspecified atom stereocenters. The van der Waals surface area contributed by atoms with E-state index in [1.54, 1.807) is 15.9 Å². The maximum Gasteiger partial charge on any atom is 0.263 e. The maximum atomic E-state index is 13.4. The first-order valence-corrected chi connectivity index (χ1v) is 12.5. The topological polar surface area (TPSA) is 55.2 Å². The third-order valence-corrected chi connectivity index (χ3v) is 8.10. The van der Waals surface area contributed by atoms with E-state index >= 15 is 0 Å². The Bertz CT molecular complexity index is 1260. The second-order valence-electron chi connectivity index (χ2n) is 8.35. The highest BCUT2D eigenvalue weighted by Gasteiger charge is 2.25. The number of aromatic nitrogens is 2. The van der Waals surface area contributed by atoms with Crippen molar-refractivity contribution in [2.75, 3.05) is 17.2 Å². The lowest BCUT2D eigenvalue weighted by molar-refractivity contribution is -0.116. The molecule has 0 atom stereocenters. The summed E-state index contributed by atoms with van der Waals surface area (Å²) in [5.41, 5.74) is 4.32. The fourth-order valence-corrected chi connectivity index (χ4v) is 6.75. The van der Waals surface area contributed by atoms with Gasteiger partial charge in [0.2, 0.25) is 5.91 Å². The van der Waals surface area contributed by atoms with E-state index < -0.39 is 0 Å². The molecule has 5 rings (SSSR count). The minimum Gasteiger partial charge on any atom is -0.311 e. The Labute approximate surface area is 189 Å². The van der Waals surface area contributed by atoms with Gasteiger partial charge in [0.25, 0.3) is 5.56 Å². The summed E-state index contributed by atoms with van der Waals surface area (Å²) >= 11 is 3.00. The van der Waals surface area contributed by atoms with E-state index in [2.05, 4.69) is 12.6 Å². The SMILES string of the molecule is C=C(C)Cn1c(SCC(=O)N2CCCc3ccccc32)nc2sc3c(c2c1=O)CCC3. The molecule has 0 N–H and O–H groups in total. The van der Waals surface area contributed by atoms with Gasteiger partial charge in [-0.1, -0.05) is 42.1 Å². The summed E-state index contributed by atoms with van der Waals surface area (Å²) in [5, 5.41) is 1.39. The van der Waals surface area contributed by atoms with Crippen LogP contribution in [0.15, 0.2) is 46.4 Å². The molecule has 3 aromatic rings. The third kappa shape index (κ3) is 3.74. The van der Waals surface area contributed by atoms with E-state index in [9.17, 15) is 9.59 Å². The molecule has 31 heavy (non-hydrogen) atoms. The number of benzene rings is 1. The Balaban J connectivity index is 1.46. The highest BCUT2D eigenvalue weighted by Crippen LogP contribution is 2.36. The van der Waals surface area contributed by atoms with Gasteiger partial charge >= 0.3 is 0 Å². The van der Waals surface area contributed by atoms with Crippen molar-refractivity contribution in [1.29, 1.82) is 0 Å². The van der Waals surface area contributed by atoms with Crippen LogP contribution in [-0.4, -0.2) is 27.8 Å². The van der Waals surface area contributed by atoms with E-state index in [0.29, 0.717) is 11.7 Å². The van der Waals surface area contributed by atoms with Crippen molar-refractivity contribution >= 4 is 44.9 Å². The zero-order valence-corrected chi connectivity index (χ0v) is 19.3. The molecule has 2 aromatic heterocycles. The van der Waals surface area contributed by atoms with Crippen molar-refractivity contribution in [2.45, 2.75) is 50.7 Å². The lowest BCUT2D eigenvalue weighted by Gasteiger charge is -2.29. The van der Waals surface area contributed by atoms with Crippen molar-refractivity contribution in [3.8, 4) is 0 Å². The highest BCUT2D eigenvalue weighted by atomic mass is 32.2. The van der Waals surface area contributed by atoms with Crippen LogP contribution in [0, 0.1) is 0 Å². The van der Waals surface area contributed by atoms with Gasteiger partial charge in [0.15, 0.2) is 5.16 Å². The Kier molecular flexibility index (Phi) is 5.48. The van der Waals surface area contributed by atoms with E-state index in [4.69, 9.17) is 4.98 Å². The third-order valence-electron chi connectivity index (χ3n) is 5.95. The fraction of sp³-hybridized carbons (Fsp3) is 0.375. The highest BCUT2D eigenvalue weighted by molar-refractivity contribution is 7.99. The number of hydrogen-bond acceptors (Lipinski definition) is 5. The van der Waals surface area contributed by atoms with Crippen molar-refractivity contribution < 1.29 is 4.79 Å². The molecule has 0 spiro atoms. The number of allylic oxidation sites excluding steroid dienone is 1. The van der Waals surface area contributed by atoms with Crippen LogP contribution in [0.1, 0.15) is 35.8 Å². The minimum atomic E-state index is 0.00525. The van der Waals surface area contributed by atoms with Crippen LogP contribution >= 0.6 is 23.1 Å². The van der Waals surface area contributed by atoms with Crippen molar-refractivity contribution in [2.24, 2.45) is 0 Å². The number of amides is 1. The largest absolute Gasteiger partial charge is 0.311 e. The lowest BCUT2D eigenvalue weighted by atomic mass is 10.0. The molecule has 0 radical (unpaired) electrons. The molecule has 1 amide bonds. The van der Waals surface area contributed by atoms with E-state index in [-0.39, 0.29) is 17.2 Å². The van der Waals surface area contributed by atoms with Crippen molar-refractivity contribution in [1.82, 2.24) is 9.55 Å². The standard InChI is InChI=1S/C24H25N3O2S2/c1-15(2)13-27-23(29)21-17-9-5-11-19(17)31-22(21)25-24(27)30-14-20(28)26-12-6-8-16-7-3-4-10-18(16)26/h3-4,7,10H,1,5-6,8-9,11-14H2,2H3. The molecular formula is C24H25N3O2S2. The first-order chi connectivity index (χ1) is 15.0. The number of aryl methyl sites for hydroxylation is 3. The summed E-state index contributed by atoms with van der Waals surface area (Å²) in [4.78, 5) is 35.3. The van der Waals surface area contributed by atoms with Crippen LogP contribution in [0.2, 0.25) is 0 Å². The van der Waals surface area contributed by atoms with Crippen LogP contribution < -0.4 is 10.5 Å². The molecule has 160 valence electrons. The van der Waals surface area contributed by atoms with E-state index in [1.807, 2.05) is 30.0 Å². The predicted molar refractivity (Wildman–Crippen MR) is 129 cm³/mol. The molecular weight excluding hydrogens is 426 g/mol. The van der Waals surface area contributed by atoms with Gasteiger partial charge in [-0.15, -0.1) is 11.3 Å². The first kappa shape index (κ1) is 20.5. The molecule has 7 heteroatoms. The Morgan fingerprint density at radius 1 is 1.23 bits per heavy atom. The smallest absolute Gasteiger partial charge is 0.263 e. The number of anilines is 1. The van der Waals surface area contributed by atoms with Crippen LogP contribution in [-0.2, 0) is 30.6 Å². The molecule has 3 heterocycles. The van der Waals surface area contributed by atoms with Crippen LogP contribution in [0.5, 0.6) is 0 Å². The van der Waals surface area contributed by atoms with E-state index in [0.717, 1.165) is 60.1 Å². The number of carbonyl (C=O) groups is 1. The Morgan fingerprint density at radius 2 is 2.06 bits per heavy atom. The number of rotatable bonds is 5. The zero-order chi connectivity index (χ0) is 21.5. The summed E-state index contributed by atoms with van der Waals surface area (Å²) in [5.74, 6) is 0.315. The number of thiophene rings is 1. The molecule has 0 saturated carbocycles. The summed E-state index contributed by atoms with van der Waals surface area (Å²) < 4.78 is 1.71. The van der Waals surface area contributed by atoms with Gasteiger partial charge in [0.05, 0.1) is 11.1 Å². The molecule has 5 nitrogen and oxygen atoms in total. The van der Waals surface area contributed by atoms with Gasteiger partial charge in [-0.2, -0.15) is 0 Å². The average Bonchev–Trinajstić information content (AvgIpc) is 3.34. The number of para-hydroxylation sites is 1. The summed E-state index contributed by atoms with van der Waals surface area (Å²) in [6, 6.07) is 8.12. The number of thioether (sulfide) groups is 1. The van der Waals surface area contributed by atoms with Gasteiger partial charge in [0.1, 0.15) is 4.83 Å². The maximum absolute atomic E-state index is 13.4. The fourth-order valence-electron chi connectivity index (χ4n) is 4.57. The molecule has 0 bridgehead atoms. The zero-order valence-electron chi connectivity index (χ0n) is 17.6. The van der Waals surface area contributed by atoms with Crippen LogP contribution in [0.25, 0.3) is 10.2 Å². The average molecular weight is 452 g/mol. The Hall–Kier alpha value is -2.38. The summed E-state index contributed by atoms with van der Waals surface area (Å²) in [7, 11) is 0. The Morgan fingerprint density at radius 3 is 2.90 bits per heavy atom. The predicted octanol–water partition coefficient (Wildman–Crippen LogP) is 4.59. The van der Waals surface area contributed by atoms with Gasteiger partial charge in [-0.25, -0.2) is 4.98 Å². The molecule has 1 aromatic carbocycles. The lowest BCUT2D eigenvalue weighted by Crippen LogP contribution is -2.36. The number of nitrogens with zero attached hydrogens (tertiary/aromatic N) is 3. The van der Waals surface area contributed by atoms with Crippen LogP contribution in [0.4, 0.5) is 5.69 Å². The summed E-state index contributed by atoms with van der Waals surface area (Å²) in [6.45, 7) is 7.07. The van der Waals surface area contributed by atoms with Gasteiger partial charge in [-0.3, -0.25) is 14.2 Å². The molecule has 0 fully saturated rings. The summed E-state index contributed by atoms with van der Waals surface area (Å²) in [6.07, 6.45) is 5.08. The second-order valence-corrected chi connectivity index (χ2v) is 10.4. The molecule has 1 aliphatic heterocycles. The first-order valence-electron chi connectivity index (χ1n) is 10.7. The van der Waals surface area contributed by atoms with E-state index in [1.165, 1.54) is 27.8 Å². The van der Waals surface area contributed by atoms with Crippen LogP contribution in [0.3, 0.4) is 0 Å². The number of fused-ring (bicyclic) bond motifs is 4. The van der Waals surface area contributed by atoms with Gasteiger partial charge in [0, 0.05) is 23.7 Å². The molecule has 2 aliphatic rings. The monoisotopic (exact) mass is 451 g/mol. The van der Waals surface area contributed by atoms with Gasteiger partial charge < -0.3 is 4.90 Å². The van der Waals surface area contributed by atoms with Crippen molar-refractivity contribution in [3.05, 3.63) is 62.8 Å². The minimum absolute atomic E-state index is 0.00525. The van der Waals surface area contributed by atoms with Crippen molar-refractivity contribution in [3.63, 3.8) is 0 Å². The second kappa shape index (κ2) is 8.28. The molecule has 0 saturated heterocycles. The van der Waals surface area contributed by atoms with Gasteiger partial charge in [-0.05, 0) is 56.2 Å². The quantitative estimate of drug-likeness (QED) is 0.323. The molecule has 1 aliphatic carbocycles. The normalized spacial score (nSPS) is 15.2. The number of carbonyl (C=O) groups excluding carboxylic acids is 1. The number of hydrogen-bond donors (Lipinski definition) is 0.